The van der Waals surface area contributed by atoms with Crippen LogP contribution in [0.2, 0.25) is 0 Å². The number of rotatable bonds is 7. The fourth-order valence-electron chi connectivity index (χ4n) is 3.04. The van der Waals surface area contributed by atoms with Crippen molar-refractivity contribution in [1.29, 1.82) is 0 Å². The Morgan fingerprint density at radius 3 is 2.69 bits per heavy atom. The first-order valence-electron chi connectivity index (χ1n) is 9.41. The highest BCUT2D eigenvalue weighted by Gasteiger charge is 2.17. The number of ether oxygens (including phenoxy) is 2. The molecule has 0 unspecified atom stereocenters. The van der Waals surface area contributed by atoms with Crippen LogP contribution in [0.4, 0.5) is 0 Å². The van der Waals surface area contributed by atoms with Gasteiger partial charge in [0.25, 0.3) is 0 Å². The second kappa shape index (κ2) is 8.96. The monoisotopic (exact) mass is 407 g/mol. The Labute approximate surface area is 173 Å². The first-order chi connectivity index (χ1) is 14.3. The molecular weight excluding hydrogens is 386 g/mol. The highest BCUT2D eigenvalue weighted by Crippen LogP contribution is 2.31. The van der Waals surface area contributed by atoms with Gasteiger partial charge in [-0.3, -0.25) is 9.36 Å². The van der Waals surface area contributed by atoms with Gasteiger partial charge in [0.05, 0.1) is 19.0 Å². The largest absolute Gasteiger partial charge is 0.490 e. The van der Waals surface area contributed by atoms with E-state index in [9.17, 15) is 4.79 Å². The molecule has 7 heteroatoms. The Hall–Kier alpha value is -3.06. The van der Waals surface area contributed by atoms with E-state index in [1.165, 1.54) is 11.8 Å². The molecule has 0 saturated carbocycles. The van der Waals surface area contributed by atoms with Crippen molar-refractivity contribution in [1.82, 2.24) is 14.8 Å². The van der Waals surface area contributed by atoms with Gasteiger partial charge in [-0.1, -0.05) is 48.2 Å². The van der Waals surface area contributed by atoms with Crippen molar-refractivity contribution in [3.05, 3.63) is 66.7 Å². The molecule has 148 valence electrons. The normalized spacial score (nSPS) is 13.0. The first-order valence-corrected chi connectivity index (χ1v) is 10.4. The lowest BCUT2D eigenvalue weighted by Crippen LogP contribution is -2.06. The Morgan fingerprint density at radius 1 is 1.10 bits per heavy atom. The number of nitrogens with zero attached hydrogens (tertiary/aromatic N) is 3. The predicted molar refractivity (Wildman–Crippen MR) is 113 cm³/mol. The van der Waals surface area contributed by atoms with Crippen LogP contribution in [0.25, 0.3) is 11.4 Å². The van der Waals surface area contributed by atoms with E-state index in [0.717, 1.165) is 17.8 Å². The zero-order valence-corrected chi connectivity index (χ0v) is 16.7. The van der Waals surface area contributed by atoms with Crippen molar-refractivity contribution in [2.24, 2.45) is 0 Å². The minimum atomic E-state index is 0.0000566. The Kier molecular flexibility index (Phi) is 5.95. The molecule has 0 atom stereocenters. The van der Waals surface area contributed by atoms with Crippen LogP contribution in [0.1, 0.15) is 16.8 Å². The Balaban J connectivity index is 1.50. The summed E-state index contributed by atoms with van der Waals surface area (Å²) in [6.45, 7) is 5.61. The van der Waals surface area contributed by atoms with E-state index >= 15 is 0 Å². The topological polar surface area (TPSA) is 66.2 Å². The van der Waals surface area contributed by atoms with E-state index < -0.39 is 0 Å². The Morgan fingerprint density at radius 2 is 1.90 bits per heavy atom. The maximum atomic E-state index is 12.7. The number of carbonyl (C=O) groups is 1. The molecule has 6 nitrogen and oxygen atoms in total. The van der Waals surface area contributed by atoms with E-state index in [1.54, 1.807) is 24.3 Å². The summed E-state index contributed by atoms with van der Waals surface area (Å²) in [6, 6.07) is 15.2. The zero-order chi connectivity index (χ0) is 20.1. The van der Waals surface area contributed by atoms with Gasteiger partial charge in [-0.25, -0.2) is 0 Å². The number of allylic oxidation sites excluding steroid dienone is 1. The number of hydrogen-bond acceptors (Lipinski definition) is 6. The maximum absolute atomic E-state index is 12.7. The fraction of sp³-hybridized carbons (Fsp3) is 0.227. The van der Waals surface area contributed by atoms with Gasteiger partial charge in [-0.05, 0) is 18.2 Å². The number of thioether (sulfide) groups is 1. The molecule has 2 heterocycles. The van der Waals surface area contributed by atoms with Crippen LogP contribution in [0.15, 0.2) is 66.3 Å². The van der Waals surface area contributed by atoms with E-state index in [1.807, 2.05) is 34.9 Å². The van der Waals surface area contributed by atoms with E-state index in [2.05, 4.69) is 16.8 Å². The molecule has 0 saturated heterocycles. The molecule has 2 aromatic carbocycles. The molecule has 0 N–H and O–H groups in total. The molecule has 0 fully saturated rings. The van der Waals surface area contributed by atoms with Crippen molar-refractivity contribution in [2.45, 2.75) is 18.1 Å². The van der Waals surface area contributed by atoms with Crippen LogP contribution in [0.3, 0.4) is 0 Å². The van der Waals surface area contributed by atoms with Gasteiger partial charge in [0.1, 0.15) is 0 Å². The summed E-state index contributed by atoms with van der Waals surface area (Å²) in [5, 5.41) is 9.30. The van der Waals surface area contributed by atoms with Gasteiger partial charge in [-0.2, -0.15) is 0 Å². The minimum absolute atomic E-state index is 0.0000566. The summed E-state index contributed by atoms with van der Waals surface area (Å²) in [5.41, 5.74) is 1.57. The summed E-state index contributed by atoms with van der Waals surface area (Å²) in [7, 11) is 0. The van der Waals surface area contributed by atoms with E-state index in [0.29, 0.717) is 42.0 Å². The number of benzene rings is 2. The second-order valence-electron chi connectivity index (χ2n) is 6.50. The van der Waals surface area contributed by atoms with Crippen LogP contribution >= 0.6 is 11.8 Å². The molecule has 0 aliphatic carbocycles. The average Bonchev–Trinajstić information content (AvgIpc) is 3.00. The lowest BCUT2D eigenvalue weighted by Gasteiger charge is -2.09. The molecule has 0 spiro atoms. The summed E-state index contributed by atoms with van der Waals surface area (Å²) < 4.78 is 13.3. The molecule has 1 aromatic heterocycles. The number of carbonyl (C=O) groups excluding carboxylic acids is 1. The Bertz CT molecular complexity index is 1020. The number of fused-ring (bicyclic) bond motifs is 1. The summed E-state index contributed by atoms with van der Waals surface area (Å²) >= 11 is 1.37. The summed E-state index contributed by atoms with van der Waals surface area (Å²) in [5.74, 6) is 2.32. The van der Waals surface area contributed by atoms with Crippen LogP contribution in [0, 0.1) is 0 Å². The first kappa shape index (κ1) is 19.3. The van der Waals surface area contributed by atoms with Crippen molar-refractivity contribution in [3.63, 3.8) is 0 Å². The second-order valence-corrected chi connectivity index (χ2v) is 7.44. The van der Waals surface area contributed by atoms with E-state index in [-0.39, 0.29) is 11.5 Å². The molecule has 0 radical (unpaired) electrons. The maximum Gasteiger partial charge on any atom is 0.192 e. The highest BCUT2D eigenvalue weighted by atomic mass is 32.2. The van der Waals surface area contributed by atoms with Crippen molar-refractivity contribution < 1.29 is 14.3 Å². The molecule has 0 amide bonds. The number of hydrogen-bond donors (Lipinski definition) is 0. The molecule has 1 aliphatic rings. The standard InChI is InChI=1S/C22H21N3O3S/c1-2-11-25-21(16-7-4-3-5-8-16)23-24-22(25)29-15-18(26)17-9-10-19-20(14-17)28-13-6-12-27-19/h2-5,7-10,14H,1,6,11-13,15H2. The third-order valence-corrected chi connectivity index (χ3v) is 5.43. The summed E-state index contributed by atoms with van der Waals surface area (Å²) in [6.07, 6.45) is 2.63. The molecular formula is C22H21N3O3S. The van der Waals surface area contributed by atoms with Gasteiger partial charge in [0.2, 0.25) is 0 Å². The summed E-state index contributed by atoms with van der Waals surface area (Å²) in [4.78, 5) is 12.7. The number of Topliss-reactive ketones (excluding diaryl/α,β-unsaturated/α-hetero) is 1. The third kappa shape index (κ3) is 4.35. The van der Waals surface area contributed by atoms with Crippen molar-refractivity contribution in [3.8, 4) is 22.9 Å². The number of aromatic nitrogens is 3. The van der Waals surface area contributed by atoms with Gasteiger partial charge in [-0.15, -0.1) is 16.8 Å². The van der Waals surface area contributed by atoms with Gasteiger partial charge >= 0.3 is 0 Å². The van der Waals surface area contributed by atoms with Gasteiger partial charge in [0, 0.05) is 24.1 Å². The zero-order valence-electron chi connectivity index (χ0n) is 15.9. The lowest BCUT2D eigenvalue weighted by molar-refractivity contribution is 0.102. The molecule has 3 aromatic rings. The molecule has 1 aliphatic heterocycles. The molecule has 29 heavy (non-hydrogen) atoms. The average molecular weight is 407 g/mol. The quantitative estimate of drug-likeness (QED) is 0.331. The van der Waals surface area contributed by atoms with Crippen LogP contribution in [0.5, 0.6) is 11.5 Å². The third-order valence-electron chi connectivity index (χ3n) is 4.46. The van der Waals surface area contributed by atoms with Crippen LogP contribution < -0.4 is 9.47 Å². The van der Waals surface area contributed by atoms with Crippen LogP contribution in [-0.2, 0) is 6.54 Å². The fourth-order valence-corrected chi connectivity index (χ4v) is 3.88. The molecule has 4 rings (SSSR count). The van der Waals surface area contributed by atoms with Crippen LogP contribution in [-0.4, -0.2) is 39.5 Å². The molecule has 0 bridgehead atoms. The highest BCUT2D eigenvalue weighted by molar-refractivity contribution is 7.99. The minimum Gasteiger partial charge on any atom is -0.490 e. The lowest BCUT2D eigenvalue weighted by atomic mass is 10.1. The van der Waals surface area contributed by atoms with Crippen molar-refractivity contribution in [2.75, 3.05) is 19.0 Å². The SMILES string of the molecule is C=CCn1c(SCC(=O)c2ccc3c(c2)OCCCO3)nnc1-c1ccccc1. The van der Waals surface area contributed by atoms with Crippen molar-refractivity contribution >= 4 is 17.5 Å². The number of ketones is 1. The predicted octanol–water partition coefficient (Wildman–Crippen LogP) is 4.27. The van der Waals surface area contributed by atoms with Gasteiger partial charge in [0.15, 0.2) is 28.3 Å². The smallest absolute Gasteiger partial charge is 0.192 e. The van der Waals surface area contributed by atoms with E-state index in [4.69, 9.17) is 9.47 Å². The van der Waals surface area contributed by atoms with Gasteiger partial charge < -0.3 is 9.47 Å².